The SMILES string of the molecule is NC(=S)N(C(=O)c1ccccc1)C1(c2cccs2)CN(C(=O)O)CC1CO. The van der Waals surface area contributed by atoms with Gasteiger partial charge in [0.2, 0.25) is 0 Å². The number of thiocarbonyl (C=S) groups is 1. The first-order valence-corrected chi connectivity index (χ1v) is 9.52. The minimum atomic E-state index is -1.17. The van der Waals surface area contributed by atoms with E-state index in [2.05, 4.69) is 0 Å². The fraction of sp³-hybridized carbons (Fsp3) is 0.278. The molecule has 0 bridgehead atoms. The summed E-state index contributed by atoms with van der Waals surface area (Å²) in [6.07, 6.45) is -1.12. The van der Waals surface area contributed by atoms with Crippen LogP contribution in [0.4, 0.5) is 4.79 Å². The Morgan fingerprint density at radius 1 is 1.30 bits per heavy atom. The van der Waals surface area contributed by atoms with Crippen LogP contribution in [-0.4, -0.2) is 56.8 Å². The summed E-state index contributed by atoms with van der Waals surface area (Å²) in [7, 11) is 0. The standard InChI is InChI=1S/C18H19N3O4S2/c19-16(26)21(15(23)12-5-2-1-3-6-12)18(14-7-4-8-27-14)11-20(17(24)25)9-13(18)10-22/h1-8,13,22H,9-11H2,(H2,19,26)(H,24,25). The van der Waals surface area contributed by atoms with Gasteiger partial charge in [-0.05, 0) is 35.8 Å². The molecule has 2 heterocycles. The Kier molecular flexibility index (Phi) is 5.45. The molecule has 1 fully saturated rings. The molecule has 1 aromatic carbocycles. The van der Waals surface area contributed by atoms with Crippen molar-refractivity contribution in [2.24, 2.45) is 11.7 Å². The lowest BCUT2D eigenvalue weighted by Crippen LogP contribution is -2.59. The molecule has 3 rings (SSSR count). The number of nitrogens with zero attached hydrogens (tertiary/aromatic N) is 2. The van der Waals surface area contributed by atoms with E-state index in [4.69, 9.17) is 18.0 Å². The van der Waals surface area contributed by atoms with Crippen molar-refractivity contribution >= 4 is 40.7 Å². The molecule has 1 aliphatic rings. The normalized spacial score (nSPS) is 21.8. The van der Waals surface area contributed by atoms with Crippen molar-refractivity contribution in [3.63, 3.8) is 0 Å². The third kappa shape index (κ3) is 3.29. The smallest absolute Gasteiger partial charge is 0.407 e. The van der Waals surface area contributed by atoms with Crippen LogP contribution >= 0.6 is 23.6 Å². The molecule has 1 aromatic heterocycles. The number of thiophene rings is 1. The van der Waals surface area contributed by atoms with Crippen LogP contribution in [0.25, 0.3) is 0 Å². The van der Waals surface area contributed by atoms with Gasteiger partial charge in [0.1, 0.15) is 5.54 Å². The van der Waals surface area contributed by atoms with Crippen molar-refractivity contribution < 1.29 is 19.8 Å². The number of carbonyl (C=O) groups is 2. The lowest BCUT2D eigenvalue weighted by Gasteiger charge is -2.42. The van der Waals surface area contributed by atoms with Crippen molar-refractivity contribution in [3.8, 4) is 0 Å². The second kappa shape index (κ2) is 7.63. The molecule has 27 heavy (non-hydrogen) atoms. The number of benzene rings is 1. The van der Waals surface area contributed by atoms with E-state index in [-0.39, 0.29) is 24.8 Å². The van der Waals surface area contributed by atoms with Gasteiger partial charge >= 0.3 is 6.09 Å². The van der Waals surface area contributed by atoms with Gasteiger partial charge in [-0.2, -0.15) is 0 Å². The van der Waals surface area contributed by atoms with Crippen molar-refractivity contribution in [1.82, 2.24) is 9.80 Å². The molecule has 2 amide bonds. The number of nitrogens with two attached hydrogens (primary N) is 1. The number of hydrogen-bond donors (Lipinski definition) is 3. The number of aliphatic hydroxyl groups excluding tert-OH is 1. The van der Waals surface area contributed by atoms with Crippen molar-refractivity contribution in [2.45, 2.75) is 5.54 Å². The number of carbonyl (C=O) groups excluding carboxylic acids is 1. The monoisotopic (exact) mass is 405 g/mol. The van der Waals surface area contributed by atoms with Crippen LogP contribution in [0.5, 0.6) is 0 Å². The van der Waals surface area contributed by atoms with E-state index in [0.29, 0.717) is 5.56 Å². The number of rotatable bonds is 4. The van der Waals surface area contributed by atoms with E-state index in [1.54, 1.807) is 30.3 Å². The van der Waals surface area contributed by atoms with E-state index < -0.39 is 23.5 Å². The van der Waals surface area contributed by atoms with Gasteiger partial charge in [-0.25, -0.2) is 4.79 Å². The summed E-state index contributed by atoms with van der Waals surface area (Å²) in [5.74, 6) is -0.997. The zero-order valence-corrected chi connectivity index (χ0v) is 15.9. The van der Waals surface area contributed by atoms with Crippen LogP contribution in [0.2, 0.25) is 0 Å². The number of amides is 2. The van der Waals surface area contributed by atoms with Gasteiger partial charge in [0, 0.05) is 22.9 Å². The first-order chi connectivity index (χ1) is 12.9. The average Bonchev–Trinajstić information content (AvgIpc) is 3.30. The molecular formula is C18H19N3O4S2. The van der Waals surface area contributed by atoms with E-state index in [9.17, 15) is 19.8 Å². The molecule has 1 saturated heterocycles. The zero-order chi connectivity index (χ0) is 19.6. The predicted molar refractivity (Wildman–Crippen MR) is 106 cm³/mol. The highest BCUT2D eigenvalue weighted by Crippen LogP contribution is 2.45. The first-order valence-electron chi connectivity index (χ1n) is 8.23. The Morgan fingerprint density at radius 3 is 2.52 bits per heavy atom. The second-order valence-electron chi connectivity index (χ2n) is 6.29. The van der Waals surface area contributed by atoms with Crippen molar-refractivity contribution in [2.75, 3.05) is 19.7 Å². The van der Waals surface area contributed by atoms with Crippen LogP contribution in [0, 0.1) is 5.92 Å². The lowest BCUT2D eigenvalue weighted by molar-refractivity contribution is 0.0541. The first kappa shape index (κ1) is 19.3. The molecule has 0 spiro atoms. The molecular weight excluding hydrogens is 386 g/mol. The largest absolute Gasteiger partial charge is 0.465 e. The second-order valence-corrected chi connectivity index (χ2v) is 7.65. The molecule has 1 aliphatic heterocycles. The quantitative estimate of drug-likeness (QED) is 0.671. The van der Waals surface area contributed by atoms with E-state index in [0.717, 1.165) is 4.88 Å². The predicted octanol–water partition coefficient (Wildman–Crippen LogP) is 1.93. The third-order valence-corrected chi connectivity index (χ3v) is 6.05. The highest BCUT2D eigenvalue weighted by Gasteiger charge is 2.56. The lowest BCUT2D eigenvalue weighted by atomic mass is 9.83. The van der Waals surface area contributed by atoms with Gasteiger partial charge < -0.3 is 20.8 Å². The van der Waals surface area contributed by atoms with Crippen LogP contribution in [0.15, 0.2) is 47.8 Å². The average molecular weight is 406 g/mol. The molecule has 2 atom stereocenters. The minimum absolute atomic E-state index is 0.0238. The van der Waals surface area contributed by atoms with Gasteiger partial charge in [0.25, 0.3) is 5.91 Å². The number of hydrogen-bond acceptors (Lipinski definition) is 5. The Hall–Kier alpha value is -2.49. The Labute approximate surface area is 165 Å². The summed E-state index contributed by atoms with van der Waals surface area (Å²) in [4.78, 5) is 28.1. The topological polar surface area (TPSA) is 107 Å². The van der Waals surface area contributed by atoms with Crippen LogP contribution in [-0.2, 0) is 5.54 Å². The Bertz CT molecular complexity index is 844. The van der Waals surface area contributed by atoms with Gasteiger partial charge in [-0.1, -0.05) is 24.3 Å². The third-order valence-electron chi connectivity index (χ3n) is 4.83. The minimum Gasteiger partial charge on any atom is -0.465 e. The maximum Gasteiger partial charge on any atom is 0.407 e. The summed E-state index contributed by atoms with van der Waals surface area (Å²) >= 11 is 6.59. The van der Waals surface area contributed by atoms with Crippen LogP contribution in [0.1, 0.15) is 15.2 Å². The molecule has 0 aliphatic carbocycles. The van der Waals surface area contributed by atoms with Crippen LogP contribution in [0.3, 0.4) is 0 Å². The van der Waals surface area contributed by atoms with Crippen LogP contribution < -0.4 is 5.73 Å². The molecule has 9 heteroatoms. The van der Waals surface area contributed by atoms with Gasteiger partial charge in [0.15, 0.2) is 5.11 Å². The highest BCUT2D eigenvalue weighted by molar-refractivity contribution is 7.80. The maximum atomic E-state index is 13.3. The molecule has 4 N–H and O–H groups in total. The summed E-state index contributed by atoms with van der Waals surface area (Å²) in [6, 6.07) is 12.2. The summed E-state index contributed by atoms with van der Waals surface area (Å²) in [6.45, 7) is -0.266. The number of aliphatic hydroxyl groups is 1. The summed E-state index contributed by atoms with van der Waals surface area (Å²) in [5, 5.41) is 21.2. The molecule has 142 valence electrons. The van der Waals surface area contributed by atoms with Gasteiger partial charge in [-0.3, -0.25) is 9.69 Å². The van der Waals surface area contributed by atoms with Gasteiger partial charge in [-0.15, -0.1) is 11.3 Å². The van der Waals surface area contributed by atoms with Crippen molar-refractivity contribution in [3.05, 3.63) is 58.3 Å². The Balaban J connectivity index is 2.18. The maximum absolute atomic E-state index is 13.3. The number of likely N-dealkylation sites (tertiary alicyclic amines) is 1. The fourth-order valence-corrected chi connectivity index (χ4v) is 4.84. The molecule has 7 nitrogen and oxygen atoms in total. The van der Waals surface area contributed by atoms with E-state index in [1.807, 2.05) is 17.5 Å². The molecule has 2 aromatic rings. The highest BCUT2D eigenvalue weighted by atomic mass is 32.1. The fourth-order valence-electron chi connectivity index (χ4n) is 3.61. The Morgan fingerprint density at radius 2 is 2.00 bits per heavy atom. The van der Waals surface area contributed by atoms with Crippen molar-refractivity contribution in [1.29, 1.82) is 0 Å². The number of carboxylic acid groups (broad SMARTS) is 1. The van der Waals surface area contributed by atoms with E-state index >= 15 is 0 Å². The summed E-state index contributed by atoms with van der Waals surface area (Å²) < 4.78 is 0. The summed E-state index contributed by atoms with van der Waals surface area (Å²) in [5.41, 5.74) is 5.19. The molecule has 0 radical (unpaired) electrons. The van der Waals surface area contributed by atoms with E-state index in [1.165, 1.54) is 21.1 Å². The zero-order valence-electron chi connectivity index (χ0n) is 14.3. The molecule has 0 saturated carbocycles. The van der Waals surface area contributed by atoms with Gasteiger partial charge in [0.05, 0.1) is 13.2 Å². The molecule has 2 unspecified atom stereocenters.